The average molecular weight is 333 g/mol. The predicted octanol–water partition coefficient (Wildman–Crippen LogP) is 2.03. The zero-order valence-electron chi connectivity index (χ0n) is 14.8. The molecule has 8 nitrogen and oxygen atoms in total. The molecule has 2 heterocycles. The molecule has 0 radical (unpaired) electrons. The molecule has 0 amide bonds. The van der Waals surface area contributed by atoms with E-state index in [-0.39, 0.29) is 0 Å². The lowest BCUT2D eigenvalue weighted by molar-refractivity contribution is 0.208. The molecule has 0 saturated carbocycles. The van der Waals surface area contributed by atoms with Crippen LogP contribution in [0.5, 0.6) is 0 Å². The first-order chi connectivity index (χ1) is 11.6. The lowest BCUT2D eigenvalue weighted by Gasteiger charge is -2.14. The highest BCUT2D eigenvalue weighted by Crippen LogP contribution is 2.24. The fourth-order valence-electron chi connectivity index (χ4n) is 2.33. The third kappa shape index (κ3) is 4.41. The van der Waals surface area contributed by atoms with E-state index in [9.17, 15) is 5.11 Å². The molecule has 24 heavy (non-hydrogen) atoms. The monoisotopic (exact) mass is 333 g/mol. The van der Waals surface area contributed by atoms with Gasteiger partial charge in [-0.3, -0.25) is 0 Å². The van der Waals surface area contributed by atoms with Crippen molar-refractivity contribution in [3.63, 3.8) is 0 Å². The Kier molecular flexibility index (Phi) is 6.48. The Morgan fingerprint density at radius 3 is 2.17 bits per heavy atom. The summed E-state index contributed by atoms with van der Waals surface area (Å²) in [6.07, 6.45) is 1.30. The number of anilines is 3. The van der Waals surface area contributed by atoms with Crippen LogP contribution >= 0.6 is 0 Å². The number of aromatic nitrogens is 4. The van der Waals surface area contributed by atoms with E-state index in [1.54, 1.807) is 6.92 Å². The SMILES string of the molecule is CCCc1nc(NCC)nc2c(NCC)nc(NC[C@@H](C)O)nc12. The quantitative estimate of drug-likeness (QED) is 0.552. The van der Waals surface area contributed by atoms with Crippen LogP contribution in [-0.4, -0.2) is 50.8 Å². The number of fused-ring (bicyclic) bond motifs is 1. The fraction of sp³-hybridized carbons (Fsp3) is 0.625. The van der Waals surface area contributed by atoms with Crippen molar-refractivity contribution < 1.29 is 5.11 Å². The summed E-state index contributed by atoms with van der Waals surface area (Å²) in [6, 6.07) is 0. The summed E-state index contributed by atoms with van der Waals surface area (Å²) in [7, 11) is 0. The number of rotatable bonds is 9. The molecule has 4 N–H and O–H groups in total. The molecule has 0 unspecified atom stereocenters. The number of aliphatic hydroxyl groups excluding tert-OH is 1. The molecule has 132 valence electrons. The minimum atomic E-state index is -0.477. The first-order valence-electron chi connectivity index (χ1n) is 8.57. The highest BCUT2D eigenvalue weighted by Gasteiger charge is 2.15. The van der Waals surface area contributed by atoms with Crippen molar-refractivity contribution in [2.24, 2.45) is 0 Å². The molecule has 2 aromatic rings. The number of nitrogens with one attached hydrogen (secondary N) is 3. The molecule has 0 aliphatic rings. The zero-order chi connectivity index (χ0) is 17.5. The van der Waals surface area contributed by atoms with Crippen LogP contribution in [-0.2, 0) is 6.42 Å². The highest BCUT2D eigenvalue weighted by atomic mass is 16.3. The average Bonchev–Trinajstić information content (AvgIpc) is 2.54. The summed E-state index contributed by atoms with van der Waals surface area (Å²) in [6.45, 7) is 9.71. The minimum Gasteiger partial charge on any atom is -0.392 e. The van der Waals surface area contributed by atoms with E-state index in [1.807, 2.05) is 13.8 Å². The third-order valence-electron chi connectivity index (χ3n) is 3.34. The van der Waals surface area contributed by atoms with E-state index in [0.29, 0.717) is 29.8 Å². The van der Waals surface area contributed by atoms with Crippen molar-refractivity contribution in [3.05, 3.63) is 5.69 Å². The fourth-order valence-corrected chi connectivity index (χ4v) is 2.33. The smallest absolute Gasteiger partial charge is 0.225 e. The van der Waals surface area contributed by atoms with Crippen LogP contribution in [0.25, 0.3) is 11.0 Å². The van der Waals surface area contributed by atoms with Crippen LogP contribution < -0.4 is 16.0 Å². The van der Waals surface area contributed by atoms with Gasteiger partial charge in [0, 0.05) is 19.6 Å². The van der Waals surface area contributed by atoms with Crippen LogP contribution in [0.4, 0.5) is 17.7 Å². The summed E-state index contributed by atoms with van der Waals surface area (Å²) in [5, 5.41) is 18.9. The van der Waals surface area contributed by atoms with Crippen LogP contribution in [0.2, 0.25) is 0 Å². The van der Waals surface area contributed by atoms with Gasteiger partial charge in [-0.2, -0.15) is 4.98 Å². The van der Waals surface area contributed by atoms with E-state index in [4.69, 9.17) is 0 Å². The molecule has 0 aromatic carbocycles. The van der Waals surface area contributed by atoms with Crippen molar-refractivity contribution in [3.8, 4) is 0 Å². The number of hydrogen-bond donors (Lipinski definition) is 4. The van der Waals surface area contributed by atoms with Gasteiger partial charge in [-0.1, -0.05) is 13.3 Å². The van der Waals surface area contributed by atoms with Crippen molar-refractivity contribution in [2.75, 3.05) is 35.6 Å². The predicted molar refractivity (Wildman–Crippen MR) is 97.6 cm³/mol. The summed E-state index contributed by atoms with van der Waals surface area (Å²) in [5.41, 5.74) is 2.37. The Hall–Kier alpha value is -2.22. The van der Waals surface area contributed by atoms with Gasteiger partial charge in [0.25, 0.3) is 0 Å². The maximum Gasteiger partial charge on any atom is 0.225 e. The maximum atomic E-state index is 9.47. The maximum absolute atomic E-state index is 9.47. The summed E-state index contributed by atoms with van der Waals surface area (Å²) in [5.74, 6) is 1.74. The first kappa shape index (κ1) is 18.1. The van der Waals surface area contributed by atoms with Gasteiger partial charge in [0.05, 0.1) is 11.8 Å². The largest absolute Gasteiger partial charge is 0.392 e. The Bertz CT molecular complexity index is 675. The molecule has 0 aliphatic carbocycles. The molecule has 0 aliphatic heterocycles. The van der Waals surface area contributed by atoms with Crippen molar-refractivity contribution in [1.82, 2.24) is 19.9 Å². The van der Waals surface area contributed by atoms with Crippen LogP contribution in [0, 0.1) is 0 Å². The lowest BCUT2D eigenvalue weighted by atomic mass is 10.2. The second-order valence-electron chi connectivity index (χ2n) is 5.63. The molecule has 0 fully saturated rings. The molecule has 2 aromatic heterocycles. The van der Waals surface area contributed by atoms with E-state index < -0.39 is 6.10 Å². The lowest BCUT2D eigenvalue weighted by Crippen LogP contribution is -2.18. The van der Waals surface area contributed by atoms with Gasteiger partial charge >= 0.3 is 0 Å². The number of hydrogen-bond acceptors (Lipinski definition) is 8. The van der Waals surface area contributed by atoms with Crippen molar-refractivity contribution >= 4 is 28.7 Å². The Labute approximate surface area is 142 Å². The summed E-state index contributed by atoms with van der Waals surface area (Å²) in [4.78, 5) is 18.3. The molecule has 1 atom stereocenters. The van der Waals surface area contributed by atoms with E-state index in [0.717, 1.165) is 37.1 Å². The number of aliphatic hydroxyl groups is 1. The molecule has 8 heteroatoms. The van der Waals surface area contributed by atoms with E-state index >= 15 is 0 Å². The van der Waals surface area contributed by atoms with Crippen LogP contribution in [0.3, 0.4) is 0 Å². The molecule has 0 spiro atoms. The van der Waals surface area contributed by atoms with Gasteiger partial charge in [0.15, 0.2) is 5.82 Å². The van der Waals surface area contributed by atoms with Gasteiger partial charge < -0.3 is 21.1 Å². The third-order valence-corrected chi connectivity index (χ3v) is 3.34. The van der Waals surface area contributed by atoms with Gasteiger partial charge in [-0.15, -0.1) is 0 Å². The molecule has 0 bridgehead atoms. The van der Waals surface area contributed by atoms with Gasteiger partial charge in [0.2, 0.25) is 11.9 Å². The molecule has 2 rings (SSSR count). The molecule has 0 saturated heterocycles. The molecular weight excluding hydrogens is 306 g/mol. The minimum absolute atomic E-state index is 0.385. The van der Waals surface area contributed by atoms with Crippen molar-refractivity contribution in [2.45, 2.75) is 46.6 Å². The van der Waals surface area contributed by atoms with Gasteiger partial charge in [0.1, 0.15) is 11.0 Å². The first-order valence-corrected chi connectivity index (χ1v) is 8.57. The van der Waals surface area contributed by atoms with Crippen LogP contribution in [0.1, 0.15) is 39.8 Å². The Morgan fingerprint density at radius 1 is 0.875 bits per heavy atom. The topological polar surface area (TPSA) is 108 Å². The van der Waals surface area contributed by atoms with Crippen molar-refractivity contribution in [1.29, 1.82) is 0 Å². The standard InChI is InChI=1S/C16H27N7O/c1-5-8-11-12-13(22-15(20-11)18-7-3)14(17-6-2)23-16(21-12)19-9-10(4)24/h10,24H,5-9H2,1-4H3,(H,18,20,22)(H2,17,19,21,23)/t10-/m1/s1. The number of aryl methyl sites for hydroxylation is 1. The summed E-state index contributed by atoms with van der Waals surface area (Å²) < 4.78 is 0. The molecular formula is C16H27N7O. The Morgan fingerprint density at radius 2 is 1.54 bits per heavy atom. The highest BCUT2D eigenvalue weighted by molar-refractivity contribution is 5.88. The normalized spacial score (nSPS) is 12.2. The van der Waals surface area contributed by atoms with Gasteiger partial charge in [-0.25, -0.2) is 15.0 Å². The van der Waals surface area contributed by atoms with Gasteiger partial charge in [-0.05, 0) is 27.2 Å². The second-order valence-corrected chi connectivity index (χ2v) is 5.63. The number of nitrogens with zero attached hydrogens (tertiary/aromatic N) is 4. The zero-order valence-corrected chi connectivity index (χ0v) is 14.8. The van der Waals surface area contributed by atoms with Crippen LogP contribution in [0.15, 0.2) is 0 Å². The summed E-state index contributed by atoms with van der Waals surface area (Å²) >= 11 is 0. The van der Waals surface area contributed by atoms with E-state index in [1.165, 1.54) is 0 Å². The second kappa shape index (κ2) is 8.58. The Balaban J connectivity index is 2.57. The van der Waals surface area contributed by atoms with E-state index in [2.05, 4.69) is 42.8 Å².